The van der Waals surface area contributed by atoms with Crippen molar-refractivity contribution >= 4 is 26.9 Å². The number of para-hydroxylation sites is 4. The highest BCUT2D eigenvalue weighted by Gasteiger charge is 2.41. The van der Waals surface area contributed by atoms with Gasteiger partial charge in [0, 0.05) is 11.1 Å². The van der Waals surface area contributed by atoms with Gasteiger partial charge >= 0.3 is 0 Å². The van der Waals surface area contributed by atoms with Crippen LogP contribution in [0, 0.1) is 0 Å². The summed E-state index contributed by atoms with van der Waals surface area (Å²) in [5, 5.41) is 0. The lowest BCUT2D eigenvalue weighted by atomic mass is 9.77. The Bertz CT molecular complexity index is 1460. The van der Waals surface area contributed by atoms with Crippen molar-refractivity contribution < 1.29 is 13.2 Å². The van der Waals surface area contributed by atoms with Crippen LogP contribution < -0.4 is 9.64 Å². The Kier molecular flexibility index (Phi) is 3.87. The van der Waals surface area contributed by atoms with E-state index in [2.05, 4.69) is 18.7 Å². The minimum Gasteiger partial charge on any atom is -0.453 e. The smallest absolute Gasteiger partial charge is 0.207 e. The Morgan fingerprint density at radius 2 is 1.25 bits per heavy atom. The molecular weight excluding hydrogens is 418 g/mol. The summed E-state index contributed by atoms with van der Waals surface area (Å²) in [5.41, 5.74) is 3.90. The molecule has 0 saturated carbocycles. The summed E-state index contributed by atoms with van der Waals surface area (Å²) >= 11 is 0. The molecule has 2 heterocycles. The first-order valence-corrected chi connectivity index (χ1v) is 12.0. The van der Waals surface area contributed by atoms with Crippen molar-refractivity contribution in [1.29, 1.82) is 0 Å². The van der Waals surface area contributed by atoms with Crippen molar-refractivity contribution in [3.05, 3.63) is 102 Å². The molecule has 0 bridgehead atoms. The van der Waals surface area contributed by atoms with Crippen LogP contribution in [0.3, 0.4) is 0 Å². The summed E-state index contributed by atoms with van der Waals surface area (Å²) < 4.78 is 33.0. The molecule has 4 aromatic rings. The van der Waals surface area contributed by atoms with Gasteiger partial charge in [0.2, 0.25) is 9.84 Å². The minimum atomic E-state index is -3.58. The van der Waals surface area contributed by atoms with Crippen LogP contribution in [0.5, 0.6) is 11.5 Å². The van der Waals surface area contributed by atoms with Gasteiger partial charge in [-0.05, 0) is 59.7 Å². The quantitative estimate of drug-likeness (QED) is 0.290. The third-order valence-electron chi connectivity index (χ3n) is 6.47. The molecule has 32 heavy (non-hydrogen) atoms. The molecule has 6 rings (SSSR count). The number of anilines is 3. The molecule has 2 aliphatic rings. The highest BCUT2D eigenvalue weighted by Crippen LogP contribution is 2.52. The molecule has 4 nitrogen and oxygen atoms in total. The first-order chi connectivity index (χ1) is 15.4. The molecule has 0 radical (unpaired) electrons. The zero-order valence-corrected chi connectivity index (χ0v) is 18.6. The van der Waals surface area contributed by atoms with Crippen LogP contribution in [0.1, 0.15) is 25.0 Å². The maximum atomic E-state index is 13.4. The van der Waals surface area contributed by atoms with Crippen LogP contribution in [-0.4, -0.2) is 8.42 Å². The number of ether oxygens (including phenoxy) is 1. The fourth-order valence-corrected chi connectivity index (χ4v) is 6.80. The van der Waals surface area contributed by atoms with Gasteiger partial charge in [0.1, 0.15) is 0 Å². The molecule has 5 heteroatoms. The number of benzene rings is 4. The predicted molar refractivity (Wildman–Crippen MR) is 125 cm³/mol. The summed E-state index contributed by atoms with van der Waals surface area (Å²) in [6, 6.07) is 28.7. The van der Waals surface area contributed by atoms with E-state index in [-0.39, 0.29) is 0 Å². The largest absolute Gasteiger partial charge is 0.453 e. The van der Waals surface area contributed by atoms with E-state index in [1.165, 1.54) is 0 Å². The van der Waals surface area contributed by atoms with Gasteiger partial charge in [-0.2, -0.15) is 0 Å². The van der Waals surface area contributed by atoms with E-state index < -0.39 is 15.3 Å². The molecule has 0 fully saturated rings. The third-order valence-corrected chi connectivity index (χ3v) is 8.34. The van der Waals surface area contributed by atoms with Crippen molar-refractivity contribution in [3.63, 3.8) is 0 Å². The molecule has 0 amide bonds. The van der Waals surface area contributed by atoms with Gasteiger partial charge in [0.05, 0.1) is 21.2 Å². The maximum Gasteiger partial charge on any atom is 0.207 e. The van der Waals surface area contributed by atoms with Gasteiger partial charge in [-0.3, -0.25) is 0 Å². The van der Waals surface area contributed by atoms with Gasteiger partial charge in [0.25, 0.3) is 0 Å². The molecule has 0 spiro atoms. The number of hydrogen-bond acceptors (Lipinski definition) is 4. The van der Waals surface area contributed by atoms with Crippen molar-refractivity contribution in [1.82, 2.24) is 0 Å². The van der Waals surface area contributed by atoms with Gasteiger partial charge in [-0.15, -0.1) is 0 Å². The summed E-state index contributed by atoms with van der Waals surface area (Å²) in [5.74, 6) is 1.53. The molecule has 0 N–H and O–H groups in total. The Balaban J connectivity index is 1.61. The van der Waals surface area contributed by atoms with E-state index in [0.29, 0.717) is 9.79 Å². The molecule has 0 saturated heterocycles. The van der Waals surface area contributed by atoms with E-state index in [0.717, 1.165) is 39.7 Å². The van der Waals surface area contributed by atoms with E-state index >= 15 is 0 Å². The van der Waals surface area contributed by atoms with Gasteiger partial charge in [0.15, 0.2) is 11.5 Å². The van der Waals surface area contributed by atoms with Crippen molar-refractivity contribution in [2.75, 3.05) is 4.90 Å². The fourth-order valence-electron chi connectivity index (χ4n) is 4.84. The van der Waals surface area contributed by atoms with E-state index in [4.69, 9.17) is 4.74 Å². The zero-order valence-electron chi connectivity index (χ0n) is 17.7. The number of hydrogen-bond donors (Lipinski definition) is 0. The Morgan fingerprint density at radius 3 is 1.94 bits per heavy atom. The molecule has 0 atom stereocenters. The van der Waals surface area contributed by atoms with E-state index in [1.54, 1.807) is 18.2 Å². The summed E-state index contributed by atoms with van der Waals surface area (Å²) in [6.45, 7) is 4.18. The second-order valence-corrected chi connectivity index (χ2v) is 10.6. The van der Waals surface area contributed by atoms with Crippen molar-refractivity contribution in [2.45, 2.75) is 29.1 Å². The zero-order chi connectivity index (χ0) is 22.1. The SMILES string of the molecule is CC1(C)c2ccccc2S(=O)(=O)c2ccc(N3c4ccccc4Oc4ccccc43)cc21. The predicted octanol–water partition coefficient (Wildman–Crippen LogP) is 6.73. The monoisotopic (exact) mass is 439 g/mol. The summed E-state index contributed by atoms with van der Waals surface area (Å²) in [7, 11) is -3.58. The number of rotatable bonds is 1. The van der Waals surface area contributed by atoms with Crippen LogP contribution in [0.2, 0.25) is 0 Å². The lowest BCUT2D eigenvalue weighted by Gasteiger charge is -2.37. The number of fused-ring (bicyclic) bond motifs is 4. The average Bonchev–Trinajstić information content (AvgIpc) is 2.81. The summed E-state index contributed by atoms with van der Waals surface area (Å²) in [6.07, 6.45) is 0. The normalized spacial score (nSPS) is 16.8. The topological polar surface area (TPSA) is 46.6 Å². The summed E-state index contributed by atoms with van der Waals surface area (Å²) in [4.78, 5) is 2.91. The first-order valence-electron chi connectivity index (χ1n) is 10.5. The minimum absolute atomic E-state index is 0.375. The Hall–Kier alpha value is -3.57. The van der Waals surface area contributed by atoms with Crippen LogP contribution in [-0.2, 0) is 15.3 Å². The Morgan fingerprint density at radius 1 is 0.688 bits per heavy atom. The molecule has 4 aromatic carbocycles. The Labute approximate surface area is 187 Å². The second kappa shape index (κ2) is 6.47. The first kappa shape index (κ1) is 19.1. The highest BCUT2D eigenvalue weighted by atomic mass is 32.2. The van der Waals surface area contributed by atoms with Crippen molar-refractivity contribution in [2.24, 2.45) is 0 Å². The molecule has 2 aliphatic heterocycles. The molecule has 0 aliphatic carbocycles. The van der Waals surface area contributed by atoms with Gasteiger partial charge in [-0.1, -0.05) is 56.3 Å². The van der Waals surface area contributed by atoms with Crippen LogP contribution >= 0.6 is 0 Å². The average molecular weight is 440 g/mol. The molecular formula is C27H21NO3S. The number of sulfone groups is 1. The molecule has 0 aromatic heterocycles. The lowest BCUT2D eigenvalue weighted by molar-refractivity contribution is 0.477. The highest BCUT2D eigenvalue weighted by molar-refractivity contribution is 7.91. The van der Waals surface area contributed by atoms with E-state index in [1.807, 2.05) is 72.8 Å². The van der Waals surface area contributed by atoms with Gasteiger partial charge in [-0.25, -0.2) is 8.42 Å². The molecule has 0 unspecified atom stereocenters. The van der Waals surface area contributed by atoms with Crippen molar-refractivity contribution in [3.8, 4) is 11.5 Å². The second-order valence-electron chi connectivity index (χ2n) is 8.68. The van der Waals surface area contributed by atoms with E-state index in [9.17, 15) is 8.42 Å². The van der Waals surface area contributed by atoms with Gasteiger partial charge < -0.3 is 9.64 Å². The maximum absolute atomic E-state index is 13.4. The number of nitrogens with zero attached hydrogens (tertiary/aromatic N) is 1. The standard InChI is InChI=1S/C27H21NO3S/c1-27(2)19-9-3-8-14-25(19)32(29,30)26-16-15-18(17-20(26)27)28-21-10-4-6-12-23(21)31-24-13-7-5-11-22(24)28/h3-17H,1-2H3. The molecule has 158 valence electrons. The lowest BCUT2D eigenvalue weighted by Crippen LogP contribution is -2.30. The fraction of sp³-hybridized carbons (Fsp3) is 0.111. The van der Waals surface area contributed by atoms with Crippen LogP contribution in [0.4, 0.5) is 17.1 Å². The van der Waals surface area contributed by atoms with Crippen LogP contribution in [0.15, 0.2) is 101 Å². The third kappa shape index (κ3) is 2.52. The van der Waals surface area contributed by atoms with Crippen LogP contribution in [0.25, 0.3) is 0 Å².